The second-order valence-corrected chi connectivity index (χ2v) is 5.03. The molecule has 0 atom stereocenters. The van der Waals surface area contributed by atoms with Crippen molar-refractivity contribution in [3.05, 3.63) is 35.4 Å². The summed E-state index contributed by atoms with van der Waals surface area (Å²) in [5.41, 5.74) is 0.626. The predicted octanol–water partition coefficient (Wildman–Crippen LogP) is 1.08. The van der Waals surface area contributed by atoms with Crippen molar-refractivity contribution >= 4 is 17.8 Å². The van der Waals surface area contributed by atoms with Gasteiger partial charge in [0, 0.05) is 38.7 Å². The zero-order chi connectivity index (χ0) is 15.4. The van der Waals surface area contributed by atoms with Gasteiger partial charge in [-0.05, 0) is 30.7 Å². The Hall–Kier alpha value is -2.37. The van der Waals surface area contributed by atoms with E-state index in [0.717, 1.165) is 6.42 Å². The highest BCUT2D eigenvalue weighted by molar-refractivity contribution is 5.96. The second-order valence-electron chi connectivity index (χ2n) is 5.03. The quantitative estimate of drug-likeness (QED) is 0.884. The van der Waals surface area contributed by atoms with Crippen LogP contribution in [0.1, 0.15) is 34.1 Å². The SMILES string of the molecule is CC(=O)N1CCCN(C(=O)c2ccc(C(=O)O)cc2)CC1. The van der Waals surface area contributed by atoms with Crippen molar-refractivity contribution in [2.24, 2.45) is 0 Å². The Bertz CT molecular complexity index is 553. The van der Waals surface area contributed by atoms with Gasteiger partial charge in [0.05, 0.1) is 5.56 Å². The topological polar surface area (TPSA) is 77.9 Å². The molecule has 2 rings (SSSR count). The summed E-state index contributed by atoms with van der Waals surface area (Å²) in [7, 11) is 0. The van der Waals surface area contributed by atoms with Gasteiger partial charge in [-0.2, -0.15) is 0 Å². The maximum Gasteiger partial charge on any atom is 0.335 e. The Morgan fingerprint density at radius 3 is 2.00 bits per heavy atom. The standard InChI is InChI=1S/C15H18N2O4/c1-11(18)16-7-2-8-17(10-9-16)14(19)12-3-5-13(6-4-12)15(20)21/h3-6H,2,7-10H2,1H3,(H,20,21). The van der Waals surface area contributed by atoms with Crippen molar-refractivity contribution in [3.63, 3.8) is 0 Å². The minimum atomic E-state index is -1.01. The van der Waals surface area contributed by atoms with Gasteiger partial charge in [-0.25, -0.2) is 4.79 Å². The van der Waals surface area contributed by atoms with Gasteiger partial charge < -0.3 is 14.9 Å². The van der Waals surface area contributed by atoms with Gasteiger partial charge in [0.15, 0.2) is 0 Å². The van der Waals surface area contributed by atoms with Gasteiger partial charge >= 0.3 is 5.97 Å². The fourth-order valence-corrected chi connectivity index (χ4v) is 2.37. The zero-order valence-electron chi connectivity index (χ0n) is 11.9. The predicted molar refractivity (Wildman–Crippen MR) is 76.2 cm³/mol. The lowest BCUT2D eigenvalue weighted by molar-refractivity contribution is -0.128. The number of carbonyl (C=O) groups is 3. The smallest absolute Gasteiger partial charge is 0.335 e. The van der Waals surface area contributed by atoms with E-state index in [1.165, 1.54) is 31.2 Å². The van der Waals surface area contributed by atoms with E-state index in [1.54, 1.807) is 9.80 Å². The maximum atomic E-state index is 12.4. The minimum Gasteiger partial charge on any atom is -0.478 e. The number of carbonyl (C=O) groups excluding carboxylic acids is 2. The summed E-state index contributed by atoms with van der Waals surface area (Å²) in [4.78, 5) is 38.0. The van der Waals surface area contributed by atoms with Crippen LogP contribution in [0.25, 0.3) is 0 Å². The van der Waals surface area contributed by atoms with Crippen molar-refractivity contribution in [2.45, 2.75) is 13.3 Å². The number of aromatic carboxylic acids is 1. The first-order valence-corrected chi connectivity index (χ1v) is 6.87. The van der Waals surface area contributed by atoms with Crippen molar-refractivity contribution in [2.75, 3.05) is 26.2 Å². The lowest BCUT2D eigenvalue weighted by Gasteiger charge is -2.21. The van der Waals surface area contributed by atoms with Gasteiger partial charge in [0.25, 0.3) is 5.91 Å². The molecule has 1 heterocycles. The van der Waals surface area contributed by atoms with Crippen LogP contribution in [-0.2, 0) is 4.79 Å². The molecule has 6 nitrogen and oxygen atoms in total. The Morgan fingerprint density at radius 1 is 0.905 bits per heavy atom. The number of amides is 2. The number of nitrogens with zero attached hydrogens (tertiary/aromatic N) is 2. The maximum absolute atomic E-state index is 12.4. The first-order chi connectivity index (χ1) is 9.99. The van der Waals surface area contributed by atoms with Gasteiger partial charge in [0.1, 0.15) is 0 Å². The summed E-state index contributed by atoms with van der Waals surface area (Å²) in [6.07, 6.45) is 0.749. The third kappa shape index (κ3) is 3.59. The summed E-state index contributed by atoms with van der Waals surface area (Å²) in [6.45, 7) is 3.83. The third-order valence-electron chi connectivity index (χ3n) is 3.61. The lowest BCUT2D eigenvalue weighted by atomic mass is 10.1. The number of carboxylic acid groups (broad SMARTS) is 1. The minimum absolute atomic E-state index is 0.0233. The molecule has 1 aliphatic heterocycles. The molecule has 0 unspecified atom stereocenters. The van der Waals surface area contributed by atoms with E-state index in [0.29, 0.717) is 31.7 Å². The highest BCUT2D eigenvalue weighted by Gasteiger charge is 2.21. The molecule has 112 valence electrons. The van der Waals surface area contributed by atoms with Crippen LogP contribution in [0, 0.1) is 0 Å². The third-order valence-corrected chi connectivity index (χ3v) is 3.61. The molecule has 0 radical (unpaired) electrons. The van der Waals surface area contributed by atoms with E-state index < -0.39 is 5.97 Å². The molecule has 0 aliphatic carbocycles. The van der Waals surface area contributed by atoms with Crippen molar-refractivity contribution in [1.29, 1.82) is 0 Å². The van der Waals surface area contributed by atoms with Crippen LogP contribution in [-0.4, -0.2) is 58.9 Å². The average molecular weight is 290 g/mol. The zero-order valence-corrected chi connectivity index (χ0v) is 11.9. The van der Waals surface area contributed by atoms with Gasteiger partial charge in [-0.1, -0.05) is 0 Å². The van der Waals surface area contributed by atoms with Gasteiger partial charge in [0.2, 0.25) is 5.91 Å². The molecular weight excluding hydrogens is 272 g/mol. The van der Waals surface area contributed by atoms with Crippen molar-refractivity contribution in [1.82, 2.24) is 9.80 Å². The van der Waals surface area contributed by atoms with E-state index in [2.05, 4.69) is 0 Å². The van der Waals surface area contributed by atoms with E-state index in [1.807, 2.05) is 0 Å². The number of benzene rings is 1. The molecule has 1 fully saturated rings. The van der Waals surface area contributed by atoms with Crippen LogP contribution < -0.4 is 0 Å². The molecule has 21 heavy (non-hydrogen) atoms. The molecule has 2 amide bonds. The number of hydrogen-bond acceptors (Lipinski definition) is 3. The summed E-state index contributed by atoms with van der Waals surface area (Å²) in [5.74, 6) is -1.12. The van der Waals surface area contributed by atoms with Crippen LogP contribution in [0.5, 0.6) is 0 Å². The monoisotopic (exact) mass is 290 g/mol. The molecule has 1 saturated heterocycles. The molecule has 1 N–H and O–H groups in total. The number of carboxylic acids is 1. The fourth-order valence-electron chi connectivity index (χ4n) is 2.37. The largest absolute Gasteiger partial charge is 0.478 e. The normalized spacial score (nSPS) is 15.5. The summed E-state index contributed by atoms with van der Waals surface area (Å²) in [6, 6.07) is 5.91. The summed E-state index contributed by atoms with van der Waals surface area (Å²) < 4.78 is 0. The molecule has 0 aromatic heterocycles. The highest BCUT2D eigenvalue weighted by atomic mass is 16.4. The van der Waals surface area contributed by atoms with Crippen LogP contribution in [0.2, 0.25) is 0 Å². The molecule has 6 heteroatoms. The highest BCUT2D eigenvalue weighted by Crippen LogP contribution is 2.11. The first kappa shape index (κ1) is 15.0. The molecule has 1 aromatic rings. The van der Waals surface area contributed by atoms with Crippen LogP contribution in [0.4, 0.5) is 0 Å². The molecule has 1 aliphatic rings. The molecule has 0 bridgehead atoms. The van der Waals surface area contributed by atoms with E-state index >= 15 is 0 Å². The molecule has 0 spiro atoms. The Kier molecular flexibility index (Phi) is 4.57. The van der Waals surface area contributed by atoms with Gasteiger partial charge in [-0.15, -0.1) is 0 Å². The van der Waals surface area contributed by atoms with Crippen molar-refractivity contribution in [3.8, 4) is 0 Å². The van der Waals surface area contributed by atoms with E-state index in [9.17, 15) is 14.4 Å². The fraction of sp³-hybridized carbons (Fsp3) is 0.400. The van der Waals surface area contributed by atoms with Gasteiger partial charge in [-0.3, -0.25) is 9.59 Å². The van der Waals surface area contributed by atoms with E-state index in [-0.39, 0.29) is 17.4 Å². The lowest BCUT2D eigenvalue weighted by Crippen LogP contribution is -2.36. The molecule has 1 aromatic carbocycles. The Balaban J connectivity index is 2.05. The Labute approximate surface area is 123 Å². The van der Waals surface area contributed by atoms with Crippen LogP contribution in [0.3, 0.4) is 0 Å². The summed E-state index contributed by atoms with van der Waals surface area (Å²) in [5, 5.41) is 8.85. The van der Waals surface area contributed by atoms with Crippen molar-refractivity contribution < 1.29 is 19.5 Å². The summed E-state index contributed by atoms with van der Waals surface area (Å²) >= 11 is 0. The van der Waals surface area contributed by atoms with Crippen LogP contribution >= 0.6 is 0 Å². The number of rotatable bonds is 2. The molecule has 0 saturated carbocycles. The van der Waals surface area contributed by atoms with Crippen LogP contribution in [0.15, 0.2) is 24.3 Å². The first-order valence-electron chi connectivity index (χ1n) is 6.87. The number of hydrogen-bond donors (Lipinski definition) is 1. The average Bonchev–Trinajstić information content (AvgIpc) is 2.72. The second kappa shape index (κ2) is 6.39. The van der Waals surface area contributed by atoms with E-state index in [4.69, 9.17) is 5.11 Å². The Morgan fingerprint density at radius 2 is 1.43 bits per heavy atom. The molecular formula is C15H18N2O4.